The van der Waals surface area contributed by atoms with Crippen molar-refractivity contribution < 1.29 is 17.9 Å². The largest absolute Gasteiger partial charge is 0.484 e. The molecule has 134 valence electrons. The third kappa shape index (κ3) is 4.97. The minimum Gasteiger partial charge on any atom is -0.484 e. The van der Waals surface area contributed by atoms with Crippen LogP contribution in [-0.2, 0) is 14.6 Å². The fourth-order valence-electron chi connectivity index (χ4n) is 2.89. The minimum atomic E-state index is -3.01. The lowest BCUT2D eigenvalue weighted by atomic mass is 10.1. The second-order valence-electron chi connectivity index (χ2n) is 6.53. The van der Waals surface area contributed by atoms with E-state index in [-0.39, 0.29) is 30.1 Å². The summed E-state index contributed by atoms with van der Waals surface area (Å²) >= 11 is 0. The van der Waals surface area contributed by atoms with Crippen LogP contribution in [0.2, 0.25) is 0 Å². The van der Waals surface area contributed by atoms with Crippen molar-refractivity contribution in [2.24, 2.45) is 0 Å². The second kappa shape index (κ2) is 8.01. The Morgan fingerprint density at radius 1 is 1.29 bits per heavy atom. The lowest BCUT2D eigenvalue weighted by molar-refractivity contribution is -0.135. The summed E-state index contributed by atoms with van der Waals surface area (Å²) in [7, 11) is -3.01. The van der Waals surface area contributed by atoms with Crippen LogP contribution in [0.1, 0.15) is 37.3 Å². The van der Waals surface area contributed by atoms with Crippen LogP contribution in [0.4, 0.5) is 0 Å². The zero-order valence-electron chi connectivity index (χ0n) is 14.7. The molecule has 1 aromatic carbocycles. The van der Waals surface area contributed by atoms with Crippen molar-refractivity contribution in [2.75, 3.05) is 24.7 Å². The van der Waals surface area contributed by atoms with E-state index in [1.165, 1.54) is 5.56 Å². The molecule has 0 N–H and O–H groups in total. The highest BCUT2D eigenvalue weighted by Crippen LogP contribution is 2.20. The third-order valence-corrected chi connectivity index (χ3v) is 6.31. The Bertz CT molecular complexity index is 684. The SMILES string of the molecule is CCCCN(C(=O)COc1ccc(C)c(C)c1)C1CCS(=O)(=O)C1. The molecule has 1 fully saturated rings. The molecule has 6 heteroatoms. The molecule has 1 aliphatic rings. The smallest absolute Gasteiger partial charge is 0.260 e. The Morgan fingerprint density at radius 2 is 2.04 bits per heavy atom. The Labute approximate surface area is 144 Å². The molecule has 1 heterocycles. The number of sulfone groups is 1. The van der Waals surface area contributed by atoms with Gasteiger partial charge in [0.05, 0.1) is 11.5 Å². The van der Waals surface area contributed by atoms with Gasteiger partial charge in [0.15, 0.2) is 16.4 Å². The van der Waals surface area contributed by atoms with E-state index < -0.39 is 9.84 Å². The molecule has 0 radical (unpaired) electrons. The van der Waals surface area contributed by atoms with Crippen LogP contribution in [0.15, 0.2) is 18.2 Å². The lowest BCUT2D eigenvalue weighted by Gasteiger charge is -2.28. The zero-order valence-corrected chi connectivity index (χ0v) is 15.6. The molecule has 0 aliphatic carbocycles. The van der Waals surface area contributed by atoms with Gasteiger partial charge in [-0.1, -0.05) is 19.4 Å². The highest BCUT2D eigenvalue weighted by molar-refractivity contribution is 7.91. The van der Waals surface area contributed by atoms with Gasteiger partial charge in [0.1, 0.15) is 5.75 Å². The maximum atomic E-state index is 12.6. The number of rotatable bonds is 7. The van der Waals surface area contributed by atoms with Crippen LogP contribution in [0.5, 0.6) is 5.75 Å². The molecular formula is C18H27NO4S. The van der Waals surface area contributed by atoms with Gasteiger partial charge >= 0.3 is 0 Å². The highest BCUT2D eigenvalue weighted by atomic mass is 32.2. The first-order valence-corrected chi connectivity index (χ1v) is 10.3. The Hall–Kier alpha value is -1.56. The summed E-state index contributed by atoms with van der Waals surface area (Å²) in [5.74, 6) is 0.780. The van der Waals surface area contributed by atoms with E-state index in [2.05, 4.69) is 6.92 Å². The first kappa shape index (κ1) is 18.8. The zero-order chi connectivity index (χ0) is 17.7. The number of benzene rings is 1. The van der Waals surface area contributed by atoms with E-state index in [0.717, 1.165) is 18.4 Å². The standard InChI is InChI=1S/C18H27NO4S/c1-4-5-9-19(16-8-10-24(21,22)13-16)18(20)12-23-17-7-6-14(2)15(3)11-17/h6-7,11,16H,4-5,8-10,12-13H2,1-3H3. The minimum absolute atomic E-state index is 0.0528. The van der Waals surface area contributed by atoms with Crippen LogP contribution < -0.4 is 4.74 Å². The molecule has 1 amide bonds. The third-order valence-electron chi connectivity index (χ3n) is 4.56. The maximum absolute atomic E-state index is 12.6. The summed E-state index contributed by atoms with van der Waals surface area (Å²) in [4.78, 5) is 14.3. The summed E-state index contributed by atoms with van der Waals surface area (Å²) in [6, 6.07) is 5.52. The van der Waals surface area contributed by atoms with Crippen LogP contribution >= 0.6 is 0 Å². The van der Waals surface area contributed by atoms with Crippen molar-refractivity contribution in [3.63, 3.8) is 0 Å². The number of carbonyl (C=O) groups is 1. The number of hydrogen-bond acceptors (Lipinski definition) is 4. The van der Waals surface area contributed by atoms with Gasteiger partial charge in [-0.15, -0.1) is 0 Å². The topological polar surface area (TPSA) is 63.7 Å². The van der Waals surface area contributed by atoms with Crippen LogP contribution in [0.25, 0.3) is 0 Å². The molecule has 1 unspecified atom stereocenters. The summed E-state index contributed by atoms with van der Waals surface area (Å²) in [6.07, 6.45) is 2.36. The fourth-order valence-corrected chi connectivity index (χ4v) is 4.62. The van der Waals surface area contributed by atoms with Crippen molar-refractivity contribution in [1.29, 1.82) is 0 Å². The van der Waals surface area contributed by atoms with E-state index in [1.807, 2.05) is 32.0 Å². The van der Waals surface area contributed by atoms with Gasteiger partial charge in [-0.2, -0.15) is 0 Å². The monoisotopic (exact) mass is 353 g/mol. The number of nitrogens with zero attached hydrogens (tertiary/aromatic N) is 1. The predicted molar refractivity (Wildman–Crippen MR) is 95.1 cm³/mol. The van der Waals surface area contributed by atoms with E-state index in [4.69, 9.17) is 4.74 Å². The van der Waals surface area contributed by atoms with Gasteiger partial charge in [-0.05, 0) is 49.9 Å². The first-order valence-electron chi connectivity index (χ1n) is 8.52. The number of ether oxygens (including phenoxy) is 1. The highest BCUT2D eigenvalue weighted by Gasteiger charge is 2.34. The summed E-state index contributed by atoms with van der Waals surface area (Å²) < 4.78 is 29.1. The molecule has 1 aromatic rings. The van der Waals surface area contributed by atoms with E-state index in [1.54, 1.807) is 4.90 Å². The van der Waals surface area contributed by atoms with Crippen LogP contribution in [0.3, 0.4) is 0 Å². The molecule has 0 spiro atoms. The second-order valence-corrected chi connectivity index (χ2v) is 8.76. The van der Waals surface area contributed by atoms with E-state index in [9.17, 15) is 13.2 Å². The molecule has 0 bridgehead atoms. The van der Waals surface area contributed by atoms with E-state index >= 15 is 0 Å². The van der Waals surface area contributed by atoms with Crippen molar-refractivity contribution >= 4 is 15.7 Å². The Balaban J connectivity index is 2.00. The van der Waals surface area contributed by atoms with E-state index in [0.29, 0.717) is 18.7 Å². The normalized spacial score (nSPS) is 19.2. The van der Waals surface area contributed by atoms with Crippen LogP contribution in [0, 0.1) is 13.8 Å². The average Bonchev–Trinajstić information content (AvgIpc) is 2.88. The van der Waals surface area contributed by atoms with Gasteiger partial charge in [-0.25, -0.2) is 8.42 Å². The number of unbranched alkanes of at least 4 members (excludes halogenated alkanes) is 1. The number of amides is 1. The van der Waals surface area contributed by atoms with Gasteiger partial charge in [0.2, 0.25) is 0 Å². The quantitative estimate of drug-likeness (QED) is 0.755. The Morgan fingerprint density at radius 3 is 2.62 bits per heavy atom. The molecule has 2 rings (SSSR count). The van der Waals surface area contributed by atoms with Crippen molar-refractivity contribution in [3.05, 3.63) is 29.3 Å². The molecule has 1 atom stereocenters. The maximum Gasteiger partial charge on any atom is 0.260 e. The molecule has 1 saturated heterocycles. The van der Waals surface area contributed by atoms with Gasteiger partial charge < -0.3 is 9.64 Å². The summed E-state index contributed by atoms with van der Waals surface area (Å²) in [6.45, 7) is 6.62. The van der Waals surface area contributed by atoms with Crippen molar-refractivity contribution in [1.82, 2.24) is 4.90 Å². The fraction of sp³-hybridized carbons (Fsp3) is 0.611. The predicted octanol–water partition coefficient (Wildman–Crippen LogP) is 2.50. The number of carbonyl (C=O) groups excluding carboxylic acids is 1. The van der Waals surface area contributed by atoms with Crippen molar-refractivity contribution in [2.45, 2.75) is 46.1 Å². The number of aryl methyl sites for hydroxylation is 2. The summed E-state index contributed by atoms with van der Waals surface area (Å²) in [5, 5.41) is 0. The molecule has 1 aliphatic heterocycles. The molecular weight excluding hydrogens is 326 g/mol. The lowest BCUT2D eigenvalue weighted by Crippen LogP contribution is -2.44. The molecule has 24 heavy (non-hydrogen) atoms. The summed E-state index contributed by atoms with van der Waals surface area (Å²) in [5.41, 5.74) is 2.29. The van der Waals surface area contributed by atoms with Crippen LogP contribution in [-0.4, -0.2) is 49.9 Å². The number of hydrogen-bond donors (Lipinski definition) is 0. The van der Waals surface area contributed by atoms with Gasteiger partial charge in [0, 0.05) is 12.6 Å². The van der Waals surface area contributed by atoms with Crippen molar-refractivity contribution in [3.8, 4) is 5.75 Å². The molecule has 0 aromatic heterocycles. The molecule has 5 nitrogen and oxygen atoms in total. The average molecular weight is 353 g/mol. The van der Waals surface area contributed by atoms with Gasteiger partial charge in [-0.3, -0.25) is 4.79 Å². The first-order chi connectivity index (χ1) is 11.3. The Kier molecular flexibility index (Phi) is 6.27. The van der Waals surface area contributed by atoms with Gasteiger partial charge in [0.25, 0.3) is 5.91 Å². The molecule has 0 saturated carbocycles.